The third-order valence-electron chi connectivity index (χ3n) is 4.18. The molecule has 2 N–H and O–H groups in total. The van der Waals surface area contributed by atoms with Gasteiger partial charge >= 0.3 is 0 Å². The van der Waals surface area contributed by atoms with Crippen LogP contribution in [0.25, 0.3) is 16.9 Å². The van der Waals surface area contributed by atoms with Gasteiger partial charge in [0.25, 0.3) is 0 Å². The van der Waals surface area contributed by atoms with Crippen LogP contribution in [-0.4, -0.2) is 43.7 Å². The Labute approximate surface area is 134 Å². The molecular formula is C16H19N7. The zero-order chi connectivity index (χ0) is 15.6. The largest absolute Gasteiger partial charge is 0.366 e. The Hall–Kier alpha value is -2.54. The van der Waals surface area contributed by atoms with Crippen molar-refractivity contribution in [3.05, 3.63) is 36.5 Å². The molecule has 1 aliphatic rings. The van der Waals surface area contributed by atoms with E-state index in [4.69, 9.17) is 4.98 Å². The molecule has 0 spiro atoms. The van der Waals surface area contributed by atoms with Gasteiger partial charge in [0, 0.05) is 36.7 Å². The molecule has 0 aliphatic carbocycles. The molecule has 1 atom stereocenters. The third-order valence-corrected chi connectivity index (χ3v) is 4.18. The number of nitrogens with one attached hydrogen (secondary N) is 2. The molecule has 23 heavy (non-hydrogen) atoms. The summed E-state index contributed by atoms with van der Waals surface area (Å²) in [6.07, 6.45) is 11.3. The molecule has 4 heterocycles. The van der Waals surface area contributed by atoms with E-state index in [1.807, 2.05) is 19.3 Å². The van der Waals surface area contributed by atoms with Crippen molar-refractivity contribution in [2.24, 2.45) is 0 Å². The smallest absolute Gasteiger partial charge is 0.165 e. The quantitative estimate of drug-likeness (QED) is 0.766. The van der Waals surface area contributed by atoms with Gasteiger partial charge in [0.15, 0.2) is 5.82 Å². The van der Waals surface area contributed by atoms with E-state index >= 15 is 0 Å². The minimum absolute atomic E-state index is 0.413. The number of hydrogen-bond donors (Lipinski definition) is 2. The second kappa shape index (κ2) is 5.92. The lowest BCUT2D eigenvalue weighted by atomic mass is 10.1. The van der Waals surface area contributed by atoms with Crippen molar-refractivity contribution in [3.63, 3.8) is 0 Å². The number of fused-ring (bicyclic) bond motifs is 1. The molecule has 0 bridgehead atoms. The van der Waals surface area contributed by atoms with Gasteiger partial charge in [-0.3, -0.25) is 4.98 Å². The highest BCUT2D eigenvalue weighted by atomic mass is 15.2. The Kier molecular flexibility index (Phi) is 3.63. The number of aryl methyl sites for hydroxylation is 1. The Morgan fingerprint density at radius 1 is 1.30 bits per heavy atom. The van der Waals surface area contributed by atoms with Crippen LogP contribution < -0.4 is 10.6 Å². The fourth-order valence-electron chi connectivity index (χ4n) is 2.89. The number of anilines is 1. The molecule has 1 fully saturated rings. The van der Waals surface area contributed by atoms with Crippen LogP contribution in [0.15, 0.2) is 31.0 Å². The second-order valence-electron chi connectivity index (χ2n) is 5.88. The lowest BCUT2D eigenvalue weighted by Crippen LogP contribution is -2.38. The number of hydrogen-bond acceptors (Lipinski definition) is 6. The Balaban J connectivity index is 1.68. The number of rotatable bonds is 3. The predicted octanol–water partition coefficient (Wildman–Crippen LogP) is 1.66. The van der Waals surface area contributed by atoms with E-state index < -0.39 is 0 Å². The summed E-state index contributed by atoms with van der Waals surface area (Å²) in [5.41, 5.74) is 2.85. The highest BCUT2D eigenvalue weighted by Gasteiger charge is 2.16. The first kappa shape index (κ1) is 14.1. The van der Waals surface area contributed by atoms with E-state index in [-0.39, 0.29) is 0 Å². The third kappa shape index (κ3) is 2.75. The molecule has 3 aromatic rings. The van der Waals surface area contributed by atoms with Crippen molar-refractivity contribution in [3.8, 4) is 11.4 Å². The van der Waals surface area contributed by atoms with Gasteiger partial charge in [0.1, 0.15) is 5.82 Å². The van der Waals surface area contributed by atoms with Crippen LogP contribution in [0.2, 0.25) is 0 Å². The van der Waals surface area contributed by atoms with E-state index in [0.717, 1.165) is 42.0 Å². The summed E-state index contributed by atoms with van der Waals surface area (Å²) in [6, 6.07) is 0.413. The molecule has 7 nitrogen and oxygen atoms in total. The van der Waals surface area contributed by atoms with Crippen molar-refractivity contribution in [2.75, 3.05) is 18.4 Å². The Morgan fingerprint density at radius 2 is 2.26 bits per heavy atom. The van der Waals surface area contributed by atoms with Gasteiger partial charge in [-0.2, -0.15) is 5.10 Å². The summed E-state index contributed by atoms with van der Waals surface area (Å²) in [5.74, 6) is 1.57. The van der Waals surface area contributed by atoms with E-state index in [0.29, 0.717) is 11.9 Å². The molecule has 3 aromatic heterocycles. The normalized spacial score (nSPS) is 18.2. The van der Waals surface area contributed by atoms with Gasteiger partial charge < -0.3 is 10.6 Å². The van der Waals surface area contributed by atoms with Crippen LogP contribution in [0.4, 0.5) is 5.82 Å². The molecule has 4 rings (SSSR count). The van der Waals surface area contributed by atoms with Gasteiger partial charge in [0.05, 0.1) is 23.5 Å². The number of aromatic nitrogens is 5. The molecule has 1 saturated heterocycles. The fraction of sp³-hybridized carbons (Fsp3) is 0.375. The summed E-state index contributed by atoms with van der Waals surface area (Å²) in [6.45, 7) is 4.10. The van der Waals surface area contributed by atoms with Crippen molar-refractivity contribution in [1.29, 1.82) is 0 Å². The van der Waals surface area contributed by atoms with E-state index in [1.54, 1.807) is 23.1 Å². The van der Waals surface area contributed by atoms with Gasteiger partial charge in [-0.1, -0.05) is 0 Å². The fourth-order valence-corrected chi connectivity index (χ4v) is 2.89. The Morgan fingerprint density at radius 3 is 3.13 bits per heavy atom. The maximum absolute atomic E-state index is 4.73. The van der Waals surface area contributed by atoms with Crippen molar-refractivity contribution in [2.45, 2.75) is 25.8 Å². The molecular weight excluding hydrogens is 290 g/mol. The van der Waals surface area contributed by atoms with Crippen LogP contribution in [0.3, 0.4) is 0 Å². The number of piperidine rings is 1. The van der Waals surface area contributed by atoms with Crippen molar-refractivity contribution >= 4 is 11.3 Å². The topological polar surface area (TPSA) is 80.0 Å². The monoisotopic (exact) mass is 309 g/mol. The molecule has 118 valence electrons. The minimum Gasteiger partial charge on any atom is -0.366 e. The number of nitrogens with zero attached hydrogens (tertiary/aromatic N) is 5. The van der Waals surface area contributed by atoms with E-state index in [1.165, 1.54) is 6.42 Å². The highest BCUT2D eigenvalue weighted by molar-refractivity contribution is 5.75. The van der Waals surface area contributed by atoms with Gasteiger partial charge in [-0.05, 0) is 26.3 Å². The zero-order valence-corrected chi connectivity index (χ0v) is 13.0. The average Bonchev–Trinajstić information content (AvgIpc) is 3.02. The first-order valence-electron chi connectivity index (χ1n) is 7.90. The first-order chi connectivity index (χ1) is 11.3. The molecule has 0 amide bonds. The maximum atomic E-state index is 4.73. The van der Waals surface area contributed by atoms with Gasteiger partial charge in [-0.25, -0.2) is 14.5 Å². The summed E-state index contributed by atoms with van der Waals surface area (Å²) < 4.78 is 1.78. The van der Waals surface area contributed by atoms with E-state index in [2.05, 4.69) is 25.7 Å². The van der Waals surface area contributed by atoms with Crippen LogP contribution in [-0.2, 0) is 0 Å². The van der Waals surface area contributed by atoms with Crippen LogP contribution in [0.5, 0.6) is 0 Å². The Bertz CT molecular complexity index is 820. The summed E-state index contributed by atoms with van der Waals surface area (Å²) in [5, 5.41) is 11.3. The van der Waals surface area contributed by atoms with Gasteiger partial charge in [-0.15, -0.1) is 0 Å². The summed E-state index contributed by atoms with van der Waals surface area (Å²) in [4.78, 5) is 13.4. The van der Waals surface area contributed by atoms with Gasteiger partial charge in [0.2, 0.25) is 0 Å². The SMILES string of the molecule is Cc1cnc(-c2cnn3ccncc23)nc1NC1CCCNC1. The van der Waals surface area contributed by atoms with Crippen LogP contribution >= 0.6 is 0 Å². The molecule has 7 heteroatoms. The summed E-state index contributed by atoms with van der Waals surface area (Å²) >= 11 is 0. The van der Waals surface area contributed by atoms with Crippen LogP contribution in [0, 0.1) is 6.92 Å². The zero-order valence-electron chi connectivity index (χ0n) is 13.0. The lowest BCUT2D eigenvalue weighted by Gasteiger charge is -2.25. The molecule has 0 aromatic carbocycles. The van der Waals surface area contributed by atoms with Crippen molar-refractivity contribution < 1.29 is 0 Å². The summed E-state index contributed by atoms with van der Waals surface area (Å²) in [7, 11) is 0. The maximum Gasteiger partial charge on any atom is 0.165 e. The van der Waals surface area contributed by atoms with Crippen molar-refractivity contribution in [1.82, 2.24) is 29.9 Å². The lowest BCUT2D eigenvalue weighted by molar-refractivity contribution is 0.479. The molecule has 1 aliphatic heterocycles. The van der Waals surface area contributed by atoms with E-state index in [9.17, 15) is 0 Å². The second-order valence-corrected chi connectivity index (χ2v) is 5.88. The van der Waals surface area contributed by atoms with Crippen LogP contribution in [0.1, 0.15) is 18.4 Å². The average molecular weight is 309 g/mol. The molecule has 1 unspecified atom stereocenters. The minimum atomic E-state index is 0.413. The molecule has 0 radical (unpaired) electrons. The molecule has 0 saturated carbocycles. The standard InChI is InChI=1S/C16H19N7/c1-11-7-19-16(13-9-20-23-6-5-18-10-14(13)23)22-15(11)21-12-3-2-4-17-8-12/h5-7,9-10,12,17H,2-4,8H2,1H3,(H,19,21,22). The predicted molar refractivity (Wildman–Crippen MR) is 88.3 cm³/mol. The highest BCUT2D eigenvalue weighted by Crippen LogP contribution is 2.23. The first-order valence-corrected chi connectivity index (χ1v) is 7.90.